The SMILES string of the molecule is Cc1cc(C)cc(CSCC(=O)N(Cc2cccc(Cl)c2)[C@H](C)C(=O)NCC(C)C)c1. The predicted octanol–water partition coefficient (Wildman–Crippen LogP) is 5.38. The molecule has 2 aromatic carbocycles. The highest BCUT2D eigenvalue weighted by atomic mass is 35.5. The summed E-state index contributed by atoms with van der Waals surface area (Å²) >= 11 is 7.70. The zero-order chi connectivity index (χ0) is 23.0. The quantitative estimate of drug-likeness (QED) is 0.517. The molecule has 2 aromatic rings. The first kappa shape index (κ1) is 25.3. The van der Waals surface area contributed by atoms with E-state index in [1.54, 1.807) is 29.7 Å². The van der Waals surface area contributed by atoms with E-state index < -0.39 is 6.04 Å². The maximum Gasteiger partial charge on any atom is 0.242 e. The van der Waals surface area contributed by atoms with E-state index in [0.717, 1.165) is 11.3 Å². The Hall–Kier alpha value is -1.98. The van der Waals surface area contributed by atoms with Crippen LogP contribution >= 0.6 is 23.4 Å². The van der Waals surface area contributed by atoms with E-state index in [2.05, 4.69) is 37.4 Å². The fraction of sp³-hybridized carbons (Fsp3) is 0.440. The number of thioether (sulfide) groups is 1. The molecule has 0 saturated heterocycles. The lowest BCUT2D eigenvalue weighted by Gasteiger charge is -2.29. The van der Waals surface area contributed by atoms with Gasteiger partial charge in [-0.25, -0.2) is 0 Å². The van der Waals surface area contributed by atoms with Crippen LogP contribution in [0, 0.1) is 19.8 Å². The number of halogens is 1. The number of hydrogen-bond donors (Lipinski definition) is 1. The van der Waals surface area contributed by atoms with E-state index in [-0.39, 0.29) is 11.8 Å². The van der Waals surface area contributed by atoms with Crippen LogP contribution in [0.25, 0.3) is 0 Å². The van der Waals surface area contributed by atoms with Gasteiger partial charge in [0.2, 0.25) is 11.8 Å². The Morgan fingerprint density at radius 1 is 1.03 bits per heavy atom. The van der Waals surface area contributed by atoms with Gasteiger partial charge in [-0.15, -0.1) is 11.8 Å². The number of carbonyl (C=O) groups is 2. The Kier molecular flexibility index (Phi) is 9.92. The fourth-order valence-corrected chi connectivity index (χ4v) is 4.42. The second-order valence-electron chi connectivity index (χ2n) is 8.46. The Morgan fingerprint density at radius 2 is 1.71 bits per heavy atom. The highest BCUT2D eigenvalue weighted by Crippen LogP contribution is 2.19. The molecule has 31 heavy (non-hydrogen) atoms. The summed E-state index contributed by atoms with van der Waals surface area (Å²) < 4.78 is 0. The smallest absolute Gasteiger partial charge is 0.242 e. The van der Waals surface area contributed by atoms with Crippen molar-refractivity contribution < 1.29 is 9.59 Å². The van der Waals surface area contributed by atoms with Gasteiger partial charge in [0.15, 0.2) is 0 Å². The molecular weight excluding hydrogens is 428 g/mol. The summed E-state index contributed by atoms with van der Waals surface area (Å²) in [5.74, 6) is 1.23. The number of carbonyl (C=O) groups excluding carboxylic acids is 2. The van der Waals surface area contributed by atoms with E-state index in [4.69, 9.17) is 11.6 Å². The Labute approximate surface area is 195 Å². The molecule has 0 bridgehead atoms. The van der Waals surface area contributed by atoms with Crippen LogP contribution in [0.4, 0.5) is 0 Å². The Bertz CT molecular complexity index is 881. The van der Waals surface area contributed by atoms with Gasteiger partial charge in [-0.1, -0.05) is 66.9 Å². The molecule has 0 unspecified atom stereocenters. The van der Waals surface area contributed by atoms with E-state index in [9.17, 15) is 9.59 Å². The van der Waals surface area contributed by atoms with Gasteiger partial charge in [0.25, 0.3) is 0 Å². The van der Waals surface area contributed by atoms with Crippen LogP contribution in [0.3, 0.4) is 0 Å². The zero-order valence-corrected chi connectivity index (χ0v) is 20.6. The van der Waals surface area contributed by atoms with E-state index in [1.807, 2.05) is 32.0 Å². The second-order valence-corrected chi connectivity index (χ2v) is 9.88. The van der Waals surface area contributed by atoms with Crippen LogP contribution in [-0.2, 0) is 21.9 Å². The molecule has 0 fully saturated rings. The maximum atomic E-state index is 13.1. The van der Waals surface area contributed by atoms with E-state index >= 15 is 0 Å². The molecule has 0 saturated carbocycles. The van der Waals surface area contributed by atoms with Crippen molar-refractivity contribution in [1.29, 1.82) is 0 Å². The van der Waals surface area contributed by atoms with E-state index in [1.165, 1.54) is 16.7 Å². The largest absolute Gasteiger partial charge is 0.354 e. The molecule has 0 aromatic heterocycles. The number of nitrogens with zero attached hydrogens (tertiary/aromatic N) is 1. The molecule has 1 N–H and O–H groups in total. The van der Waals surface area contributed by atoms with Gasteiger partial charge < -0.3 is 10.2 Å². The van der Waals surface area contributed by atoms with Gasteiger partial charge in [0.1, 0.15) is 6.04 Å². The summed E-state index contributed by atoms with van der Waals surface area (Å²) in [6.45, 7) is 11.0. The van der Waals surface area contributed by atoms with Crippen LogP contribution in [0.15, 0.2) is 42.5 Å². The number of amides is 2. The third-order valence-corrected chi connectivity index (χ3v) is 6.09. The van der Waals surface area contributed by atoms with Crippen LogP contribution < -0.4 is 5.32 Å². The predicted molar refractivity (Wildman–Crippen MR) is 131 cm³/mol. The summed E-state index contributed by atoms with van der Waals surface area (Å²) in [5, 5.41) is 3.56. The minimum absolute atomic E-state index is 0.0541. The van der Waals surface area contributed by atoms with Crippen molar-refractivity contribution in [3.63, 3.8) is 0 Å². The lowest BCUT2D eigenvalue weighted by Crippen LogP contribution is -2.48. The first-order chi connectivity index (χ1) is 14.7. The monoisotopic (exact) mass is 460 g/mol. The summed E-state index contributed by atoms with van der Waals surface area (Å²) in [6, 6.07) is 13.3. The molecule has 0 spiro atoms. The summed E-state index contributed by atoms with van der Waals surface area (Å²) in [5.41, 5.74) is 4.56. The molecule has 2 amide bonds. The molecule has 1 atom stereocenters. The van der Waals surface area contributed by atoms with Crippen molar-refractivity contribution in [2.45, 2.75) is 53.0 Å². The number of aryl methyl sites for hydroxylation is 2. The molecule has 168 valence electrons. The molecule has 2 rings (SSSR count). The van der Waals surface area contributed by atoms with Gasteiger partial charge >= 0.3 is 0 Å². The molecule has 6 heteroatoms. The number of rotatable bonds is 10. The summed E-state index contributed by atoms with van der Waals surface area (Å²) in [7, 11) is 0. The third-order valence-electron chi connectivity index (χ3n) is 4.87. The zero-order valence-electron chi connectivity index (χ0n) is 19.1. The van der Waals surface area contributed by atoms with Crippen LogP contribution in [0.2, 0.25) is 5.02 Å². The first-order valence-corrected chi connectivity index (χ1v) is 12.2. The maximum absolute atomic E-state index is 13.1. The van der Waals surface area contributed by atoms with Gasteiger partial charge in [0.05, 0.1) is 5.75 Å². The Morgan fingerprint density at radius 3 is 2.32 bits per heavy atom. The minimum Gasteiger partial charge on any atom is -0.354 e. The normalized spacial score (nSPS) is 12.0. The number of nitrogens with one attached hydrogen (secondary N) is 1. The molecule has 4 nitrogen and oxygen atoms in total. The van der Waals surface area contributed by atoms with Crippen molar-refractivity contribution in [1.82, 2.24) is 10.2 Å². The van der Waals surface area contributed by atoms with Crippen molar-refractivity contribution in [2.24, 2.45) is 5.92 Å². The summed E-state index contributed by atoms with van der Waals surface area (Å²) in [6.07, 6.45) is 0. The van der Waals surface area contributed by atoms with Crippen LogP contribution in [0.1, 0.15) is 43.0 Å². The first-order valence-electron chi connectivity index (χ1n) is 10.6. The highest BCUT2D eigenvalue weighted by molar-refractivity contribution is 7.99. The standard InChI is InChI=1S/C25H33ClN2O2S/c1-17(2)13-27-25(30)20(5)28(14-21-7-6-8-23(26)12-21)24(29)16-31-15-22-10-18(3)9-19(4)11-22/h6-12,17,20H,13-16H2,1-5H3,(H,27,30)/t20-/m1/s1. The van der Waals surface area contributed by atoms with Crippen molar-refractivity contribution in [2.75, 3.05) is 12.3 Å². The Balaban J connectivity index is 2.08. The average Bonchev–Trinajstić information content (AvgIpc) is 2.69. The lowest BCUT2D eigenvalue weighted by atomic mass is 10.1. The minimum atomic E-state index is -0.563. The second kappa shape index (κ2) is 12.2. The van der Waals surface area contributed by atoms with Crippen LogP contribution in [0.5, 0.6) is 0 Å². The van der Waals surface area contributed by atoms with Gasteiger partial charge in [0, 0.05) is 23.9 Å². The van der Waals surface area contributed by atoms with Crippen molar-refractivity contribution in [3.8, 4) is 0 Å². The average molecular weight is 461 g/mol. The third kappa shape index (κ3) is 8.58. The molecule has 0 aliphatic heterocycles. The molecular formula is C25H33ClN2O2S. The number of benzene rings is 2. The molecule has 0 aliphatic carbocycles. The fourth-order valence-electron chi connectivity index (χ4n) is 3.36. The summed E-state index contributed by atoms with van der Waals surface area (Å²) in [4.78, 5) is 27.5. The van der Waals surface area contributed by atoms with Crippen molar-refractivity contribution >= 4 is 35.2 Å². The molecule has 0 aliphatic rings. The number of hydrogen-bond acceptors (Lipinski definition) is 3. The highest BCUT2D eigenvalue weighted by Gasteiger charge is 2.26. The molecule has 0 radical (unpaired) electrons. The van der Waals surface area contributed by atoms with Crippen molar-refractivity contribution in [3.05, 3.63) is 69.7 Å². The van der Waals surface area contributed by atoms with Gasteiger partial charge in [-0.05, 0) is 49.9 Å². The van der Waals surface area contributed by atoms with Gasteiger partial charge in [-0.2, -0.15) is 0 Å². The van der Waals surface area contributed by atoms with Crippen LogP contribution in [-0.4, -0.2) is 35.1 Å². The topological polar surface area (TPSA) is 49.4 Å². The molecule has 0 heterocycles. The van der Waals surface area contributed by atoms with E-state index in [0.29, 0.717) is 29.8 Å². The van der Waals surface area contributed by atoms with Gasteiger partial charge in [-0.3, -0.25) is 9.59 Å². The lowest BCUT2D eigenvalue weighted by molar-refractivity contribution is -0.138.